The van der Waals surface area contributed by atoms with Crippen LogP contribution in [0.1, 0.15) is 27.9 Å². The van der Waals surface area contributed by atoms with Crippen molar-refractivity contribution < 1.29 is 4.79 Å². The highest BCUT2D eigenvalue weighted by Crippen LogP contribution is 2.18. The Bertz CT molecular complexity index is 642. The zero-order valence-corrected chi connectivity index (χ0v) is 14.2. The standard InChI is InChI=1S/C17H17BrClNO/c1-12-7-8-14(11-16(12)19)17(21)20-15-6-2-4-13(10-15)5-3-9-18/h2,4,6-8,10-11H,3,5,9H2,1H3,(H,20,21). The molecule has 2 nitrogen and oxygen atoms in total. The molecule has 2 aromatic carbocycles. The molecule has 0 aromatic heterocycles. The fraction of sp³-hybridized carbons (Fsp3) is 0.235. The summed E-state index contributed by atoms with van der Waals surface area (Å²) in [5, 5.41) is 4.50. The Hall–Kier alpha value is -1.32. The van der Waals surface area contributed by atoms with E-state index < -0.39 is 0 Å². The molecule has 110 valence electrons. The summed E-state index contributed by atoms with van der Waals surface area (Å²) in [5.41, 5.74) is 3.56. The minimum Gasteiger partial charge on any atom is -0.322 e. The number of carbonyl (C=O) groups excluding carboxylic acids is 1. The first-order valence-corrected chi connectivity index (χ1v) is 8.32. The molecule has 0 radical (unpaired) electrons. The molecule has 2 rings (SSSR count). The summed E-state index contributed by atoms with van der Waals surface area (Å²) in [6.07, 6.45) is 2.07. The van der Waals surface area contributed by atoms with Crippen LogP contribution in [0.4, 0.5) is 5.69 Å². The Morgan fingerprint density at radius 2 is 2.05 bits per heavy atom. The van der Waals surface area contributed by atoms with Gasteiger partial charge in [0.05, 0.1) is 0 Å². The molecule has 0 aliphatic heterocycles. The highest BCUT2D eigenvalue weighted by molar-refractivity contribution is 9.09. The molecule has 0 bridgehead atoms. The van der Waals surface area contributed by atoms with Gasteiger partial charge in [0.2, 0.25) is 0 Å². The van der Waals surface area contributed by atoms with E-state index in [4.69, 9.17) is 11.6 Å². The number of amides is 1. The maximum Gasteiger partial charge on any atom is 0.255 e. The van der Waals surface area contributed by atoms with Crippen molar-refractivity contribution in [3.05, 3.63) is 64.2 Å². The molecular weight excluding hydrogens is 350 g/mol. The fourth-order valence-corrected chi connectivity index (χ4v) is 2.47. The molecule has 0 heterocycles. The number of benzene rings is 2. The van der Waals surface area contributed by atoms with Crippen LogP contribution < -0.4 is 5.32 Å². The lowest BCUT2D eigenvalue weighted by Crippen LogP contribution is -2.12. The van der Waals surface area contributed by atoms with Crippen molar-refractivity contribution in [2.45, 2.75) is 19.8 Å². The van der Waals surface area contributed by atoms with Crippen molar-refractivity contribution in [2.24, 2.45) is 0 Å². The second-order valence-electron chi connectivity index (χ2n) is 4.91. The fourth-order valence-electron chi connectivity index (χ4n) is 2.01. The number of rotatable bonds is 5. The smallest absolute Gasteiger partial charge is 0.255 e. The van der Waals surface area contributed by atoms with E-state index in [0.29, 0.717) is 10.6 Å². The van der Waals surface area contributed by atoms with Crippen LogP contribution in [-0.4, -0.2) is 11.2 Å². The lowest BCUT2D eigenvalue weighted by Gasteiger charge is -2.08. The quantitative estimate of drug-likeness (QED) is 0.721. The second-order valence-corrected chi connectivity index (χ2v) is 6.11. The third-order valence-electron chi connectivity index (χ3n) is 3.22. The van der Waals surface area contributed by atoms with Crippen LogP contribution >= 0.6 is 27.5 Å². The summed E-state index contributed by atoms with van der Waals surface area (Å²) in [4.78, 5) is 12.2. The van der Waals surface area contributed by atoms with E-state index >= 15 is 0 Å². The Morgan fingerprint density at radius 1 is 1.24 bits per heavy atom. The third kappa shape index (κ3) is 4.58. The molecule has 0 aliphatic carbocycles. The Balaban J connectivity index is 2.10. The minimum atomic E-state index is -0.144. The number of carbonyl (C=O) groups is 1. The first kappa shape index (κ1) is 16.1. The largest absolute Gasteiger partial charge is 0.322 e. The van der Waals surface area contributed by atoms with E-state index in [1.165, 1.54) is 5.56 Å². The molecule has 0 unspecified atom stereocenters. The second kappa shape index (κ2) is 7.62. The van der Waals surface area contributed by atoms with Gasteiger partial charge in [-0.25, -0.2) is 0 Å². The SMILES string of the molecule is Cc1ccc(C(=O)Nc2cccc(CCCBr)c2)cc1Cl. The molecule has 0 spiro atoms. The first-order chi connectivity index (χ1) is 10.1. The highest BCUT2D eigenvalue weighted by Gasteiger charge is 2.08. The van der Waals surface area contributed by atoms with Gasteiger partial charge < -0.3 is 5.32 Å². The first-order valence-electron chi connectivity index (χ1n) is 6.82. The summed E-state index contributed by atoms with van der Waals surface area (Å²) in [5.74, 6) is -0.144. The van der Waals surface area contributed by atoms with Crippen LogP contribution in [0.2, 0.25) is 5.02 Å². The van der Waals surface area contributed by atoms with Gasteiger partial charge in [-0.05, 0) is 55.2 Å². The monoisotopic (exact) mass is 365 g/mol. The van der Waals surface area contributed by atoms with E-state index in [1.54, 1.807) is 12.1 Å². The molecule has 0 saturated heterocycles. The van der Waals surface area contributed by atoms with Crippen molar-refractivity contribution in [1.29, 1.82) is 0 Å². The van der Waals surface area contributed by atoms with Crippen LogP contribution in [0, 0.1) is 6.92 Å². The van der Waals surface area contributed by atoms with Crippen LogP contribution in [0.3, 0.4) is 0 Å². The molecule has 0 atom stereocenters. The number of hydrogen-bond acceptors (Lipinski definition) is 1. The summed E-state index contributed by atoms with van der Waals surface area (Å²) in [7, 11) is 0. The molecule has 2 aromatic rings. The molecular formula is C17H17BrClNO. The van der Waals surface area contributed by atoms with Crippen molar-refractivity contribution in [2.75, 3.05) is 10.6 Å². The van der Waals surface area contributed by atoms with E-state index in [-0.39, 0.29) is 5.91 Å². The van der Waals surface area contributed by atoms with Gasteiger partial charge in [0, 0.05) is 21.6 Å². The molecule has 0 saturated carbocycles. The van der Waals surface area contributed by atoms with Gasteiger partial charge in [-0.2, -0.15) is 0 Å². The van der Waals surface area contributed by atoms with Crippen LogP contribution in [0.5, 0.6) is 0 Å². The van der Waals surface area contributed by atoms with Gasteiger partial charge >= 0.3 is 0 Å². The topological polar surface area (TPSA) is 29.1 Å². The van der Waals surface area contributed by atoms with E-state index in [2.05, 4.69) is 27.3 Å². The third-order valence-corrected chi connectivity index (χ3v) is 4.19. The summed E-state index contributed by atoms with van der Waals surface area (Å²) in [6.45, 7) is 1.91. The van der Waals surface area contributed by atoms with Gasteiger partial charge in [0.1, 0.15) is 0 Å². The van der Waals surface area contributed by atoms with Gasteiger partial charge in [0.25, 0.3) is 5.91 Å². The number of anilines is 1. The normalized spacial score (nSPS) is 10.4. The average molecular weight is 367 g/mol. The summed E-state index contributed by atoms with van der Waals surface area (Å²) >= 11 is 9.49. The summed E-state index contributed by atoms with van der Waals surface area (Å²) in [6, 6.07) is 13.3. The van der Waals surface area contributed by atoms with Gasteiger partial charge in [-0.3, -0.25) is 4.79 Å². The zero-order chi connectivity index (χ0) is 15.2. The number of aryl methyl sites for hydroxylation is 2. The number of alkyl halides is 1. The van der Waals surface area contributed by atoms with Crippen molar-refractivity contribution in [3.8, 4) is 0 Å². The Kier molecular flexibility index (Phi) is 5.83. The molecule has 1 amide bonds. The van der Waals surface area contributed by atoms with Gasteiger partial charge in [-0.1, -0.05) is 45.7 Å². The van der Waals surface area contributed by atoms with Crippen LogP contribution in [-0.2, 0) is 6.42 Å². The molecule has 0 aliphatic rings. The number of hydrogen-bond donors (Lipinski definition) is 1. The number of halogens is 2. The van der Waals surface area contributed by atoms with E-state index in [0.717, 1.165) is 29.4 Å². The predicted molar refractivity (Wildman–Crippen MR) is 92.7 cm³/mol. The van der Waals surface area contributed by atoms with Gasteiger partial charge in [0.15, 0.2) is 0 Å². The maximum absolute atomic E-state index is 12.2. The van der Waals surface area contributed by atoms with Crippen molar-refractivity contribution in [3.63, 3.8) is 0 Å². The van der Waals surface area contributed by atoms with E-state index in [1.807, 2.05) is 31.2 Å². The van der Waals surface area contributed by atoms with Crippen LogP contribution in [0.25, 0.3) is 0 Å². The van der Waals surface area contributed by atoms with Crippen molar-refractivity contribution in [1.82, 2.24) is 0 Å². The predicted octanol–water partition coefficient (Wildman–Crippen LogP) is 5.23. The molecule has 1 N–H and O–H groups in total. The lowest BCUT2D eigenvalue weighted by atomic mass is 10.1. The number of nitrogens with one attached hydrogen (secondary N) is 1. The Labute approximate surface area is 138 Å². The van der Waals surface area contributed by atoms with Gasteiger partial charge in [-0.15, -0.1) is 0 Å². The Morgan fingerprint density at radius 3 is 2.76 bits per heavy atom. The molecule has 0 fully saturated rings. The van der Waals surface area contributed by atoms with Crippen molar-refractivity contribution >= 4 is 39.1 Å². The molecule has 4 heteroatoms. The van der Waals surface area contributed by atoms with E-state index in [9.17, 15) is 4.79 Å². The minimum absolute atomic E-state index is 0.144. The van der Waals surface area contributed by atoms with Crippen LogP contribution in [0.15, 0.2) is 42.5 Å². The lowest BCUT2D eigenvalue weighted by molar-refractivity contribution is 0.102. The zero-order valence-electron chi connectivity index (χ0n) is 11.8. The molecule has 21 heavy (non-hydrogen) atoms. The maximum atomic E-state index is 12.2. The highest BCUT2D eigenvalue weighted by atomic mass is 79.9. The average Bonchev–Trinajstić information content (AvgIpc) is 2.48. The summed E-state index contributed by atoms with van der Waals surface area (Å²) < 4.78 is 0.